The number of amides is 1. The molecular formula is C20H25FN2O3S. The van der Waals surface area contributed by atoms with Gasteiger partial charge in [0.25, 0.3) is 5.91 Å². The summed E-state index contributed by atoms with van der Waals surface area (Å²) in [5.41, 5.74) is 1.23. The zero-order chi connectivity index (χ0) is 20.2. The van der Waals surface area contributed by atoms with Gasteiger partial charge in [0.15, 0.2) is 0 Å². The summed E-state index contributed by atoms with van der Waals surface area (Å²) in [7, 11) is -2.11. The maximum absolute atomic E-state index is 13.8. The van der Waals surface area contributed by atoms with Crippen LogP contribution in [-0.2, 0) is 16.6 Å². The molecule has 0 saturated heterocycles. The molecule has 146 valence electrons. The Kier molecular flexibility index (Phi) is 6.73. The Morgan fingerprint density at radius 1 is 1.07 bits per heavy atom. The highest BCUT2D eigenvalue weighted by atomic mass is 32.2. The normalized spacial score (nSPS) is 11.6. The van der Waals surface area contributed by atoms with Crippen molar-refractivity contribution in [1.82, 2.24) is 9.21 Å². The lowest BCUT2D eigenvalue weighted by Crippen LogP contribution is -2.32. The number of hydrogen-bond acceptors (Lipinski definition) is 3. The van der Waals surface area contributed by atoms with Crippen molar-refractivity contribution in [2.45, 2.75) is 32.2 Å². The lowest BCUT2D eigenvalue weighted by Gasteiger charge is -2.21. The quantitative estimate of drug-likeness (QED) is 0.725. The molecule has 0 radical (unpaired) electrons. The summed E-state index contributed by atoms with van der Waals surface area (Å²) >= 11 is 0. The molecule has 1 amide bonds. The summed E-state index contributed by atoms with van der Waals surface area (Å²) in [6.07, 6.45) is 0. The molecule has 0 aliphatic rings. The van der Waals surface area contributed by atoms with Crippen LogP contribution >= 0.6 is 0 Å². The van der Waals surface area contributed by atoms with E-state index in [4.69, 9.17) is 0 Å². The Morgan fingerprint density at radius 3 is 2.30 bits per heavy atom. The number of carbonyl (C=O) groups excluding carboxylic acids is 1. The lowest BCUT2D eigenvalue weighted by atomic mass is 10.1. The van der Waals surface area contributed by atoms with Crippen LogP contribution in [0.4, 0.5) is 4.39 Å². The molecule has 0 fully saturated rings. The predicted octanol–water partition coefficient (Wildman–Crippen LogP) is 3.44. The number of hydrogen-bond donors (Lipinski definition) is 0. The highest BCUT2D eigenvalue weighted by Crippen LogP contribution is 2.22. The number of aryl methyl sites for hydroxylation is 1. The number of benzene rings is 2. The molecule has 0 heterocycles. The molecule has 2 aromatic rings. The summed E-state index contributed by atoms with van der Waals surface area (Å²) in [5.74, 6) is -0.750. The monoisotopic (exact) mass is 392 g/mol. The van der Waals surface area contributed by atoms with Crippen LogP contribution in [0.25, 0.3) is 0 Å². The van der Waals surface area contributed by atoms with Crippen molar-refractivity contribution in [2.75, 3.05) is 20.1 Å². The average Bonchev–Trinajstić information content (AvgIpc) is 2.64. The Bertz CT molecular complexity index is 925. The second kappa shape index (κ2) is 8.63. The van der Waals surface area contributed by atoms with E-state index in [0.29, 0.717) is 24.2 Å². The van der Waals surface area contributed by atoms with Gasteiger partial charge in [-0.3, -0.25) is 4.79 Å². The van der Waals surface area contributed by atoms with Crippen molar-refractivity contribution in [2.24, 2.45) is 0 Å². The maximum atomic E-state index is 13.8. The van der Waals surface area contributed by atoms with Gasteiger partial charge >= 0.3 is 0 Å². The lowest BCUT2D eigenvalue weighted by molar-refractivity contribution is 0.0783. The van der Waals surface area contributed by atoms with Crippen LogP contribution in [-0.4, -0.2) is 43.7 Å². The van der Waals surface area contributed by atoms with E-state index in [9.17, 15) is 17.6 Å². The van der Waals surface area contributed by atoms with Crippen molar-refractivity contribution >= 4 is 15.9 Å². The van der Waals surface area contributed by atoms with E-state index in [-0.39, 0.29) is 28.7 Å². The minimum Gasteiger partial charge on any atom is -0.337 e. The Balaban J connectivity index is 2.34. The molecule has 0 aliphatic carbocycles. The molecule has 5 nitrogen and oxygen atoms in total. The Morgan fingerprint density at radius 2 is 1.70 bits per heavy atom. The second-order valence-corrected chi connectivity index (χ2v) is 8.23. The van der Waals surface area contributed by atoms with Crippen LogP contribution in [0.3, 0.4) is 0 Å². The van der Waals surface area contributed by atoms with E-state index in [0.717, 1.165) is 0 Å². The molecule has 2 aromatic carbocycles. The van der Waals surface area contributed by atoms with Gasteiger partial charge < -0.3 is 4.90 Å². The van der Waals surface area contributed by atoms with E-state index >= 15 is 0 Å². The average molecular weight is 392 g/mol. The molecule has 0 aliphatic heterocycles. The Labute approximate surface area is 160 Å². The second-order valence-electron chi connectivity index (χ2n) is 6.32. The summed E-state index contributed by atoms with van der Waals surface area (Å²) in [5, 5.41) is 0. The molecule has 0 saturated carbocycles. The van der Waals surface area contributed by atoms with Crippen molar-refractivity contribution < 1.29 is 17.6 Å². The molecular weight excluding hydrogens is 367 g/mol. The van der Waals surface area contributed by atoms with Crippen LogP contribution in [0.15, 0.2) is 47.4 Å². The van der Waals surface area contributed by atoms with Crippen LogP contribution < -0.4 is 0 Å². The topological polar surface area (TPSA) is 57.7 Å². The van der Waals surface area contributed by atoms with E-state index in [1.807, 2.05) is 0 Å². The fraction of sp³-hybridized carbons (Fsp3) is 0.350. The molecule has 7 heteroatoms. The van der Waals surface area contributed by atoms with Crippen molar-refractivity contribution in [3.63, 3.8) is 0 Å². The highest BCUT2D eigenvalue weighted by Gasteiger charge is 2.25. The summed E-state index contributed by atoms with van der Waals surface area (Å²) < 4.78 is 40.9. The van der Waals surface area contributed by atoms with E-state index in [2.05, 4.69) is 0 Å². The fourth-order valence-electron chi connectivity index (χ4n) is 2.89. The van der Waals surface area contributed by atoms with Gasteiger partial charge in [-0.15, -0.1) is 0 Å². The molecule has 0 aromatic heterocycles. The van der Waals surface area contributed by atoms with E-state index in [1.54, 1.807) is 58.2 Å². The molecule has 0 bridgehead atoms. The number of halogens is 1. The van der Waals surface area contributed by atoms with Crippen LogP contribution in [0.1, 0.15) is 35.3 Å². The van der Waals surface area contributed by atoms with Crippen LogP contribution in [0.2, 0.25) is 0 Å². The number of rotatable bonds is 7. The van der Waals surface area contributed by atoms with Gasteiger partial charge in [-0.1, -0.05) is 38.1 Å². The zero-order valence-electron chi connectivity index (χ0n) is 16.1. The maximum Gasteiger partial charge on any atom is 0.253 e. The number of carbonyl (C=O) groups is 1. The molecule has 0 spiro atoms. The minimum absolute atomic E-state index is 0.0948. The molecule has 0 unspecified atom stereocenters. The summed E-state index contributed by atoms with van der Waals surface area (Å²) in [4.78, 5) is 14.2. The van der Waals surface area contributed by atoms with Crippen molar-refractivity contribution in [3.8, 4) is 0 Å². The van der Waals surface area contributed by atoms with Gasteiger partial charge in [0, 0.05) is 37.8 Å². The van der Waals surface area contributed by atoms with E-state index in [1.165, 1.54) is 21.3 Å². The predicted molar refractivity (Wildman–Crippen MR) is 103 cm³/mol. The van der Waals surface area contributed by atoms with Crippen LogP contribution in [0, 0.1) is 12.7 Å². The smallest absolute Gasteiger partial charge is 0.253 e. The third kappa shape index (κ3) is 4.54. The summed E-state index contributed by atoms with van der Waals surface area (Å²) in [6.45, 7) is 6.04. The number of nitrogens with zero attached hydrogens (tertiary/aromatic N) is 2. The van der Waals surface area contributed by atoms with Gasteiger partial charge in [-0.05, 0) is 30.7 Å². The summed E-state index contributed by atoms with van der Waals surface area (Å²) in [6, 6.07) is 10.9. The molecule has 0 N–H and O–H groups in total. The first kappa shape index (κ1) is 21.1. The first-order valence-electron chi connectivity index (χ1n) is 8.82. The molecule has 27 heavy (non-hydrogen) atoms. The van der Waals surface area contributed by atoms with E-state index < -0.39 is 10.0 Å². The van der Waals surface area contributed by atoms with Gasteiger partial charge in [0.05, 0.1) is 4.90 Å². The third-order valence-electron chi connectivity index (χ3n) is 4.47. The highest BCUT2D eigenvalue weighted by molar-refractivity contribution is 7.89. The fourth-order valence-corrected chi connectivity index (χ4v) is 4.60. The molecule has 2 rings (SSSR count). The van der Waals surface area contributed by atoms with Crippen LogP contribution in [0.5, 0.6) is 0 Å². The van der Waals surface area contributed by atoms with Crippen molar-refractivity contribution in [3.05, 3.63) is 65.0 Å². The Hall–Kier alpha value is -2.25. The number of sulfonamides is 1. The largest absolute Gasteiger partial charge is 0.337 e. The third-order valence-corrected chi connectivity index (χ3v) is 6.66. The van der Waals surface area contributed by atoms with Crippen molar-refractivity contribution in [1.29, 1.82) is 0 Å². The van der Waals surface area contributed by atoms with Gasteiger partial charge in [-0.25, -0.2) is 12.8 Å². The first-order valence-corrected chi connectivity index (χ1v) is 10.3. The molecule has 0 atom stereocenters. The first-order chi connectivity index (χ1) is 12.7. The standard InChI is InChI=1S/C20H25FN2O3S/c1-5-23(6-2)27(25,26)19-13-16(12-11-15(19)3)20(24)22(4)14-17-9-7-8-10-18(17)21/h7-13H,5-6,14H2,1-4H3. The van der Waals surface area contributed by atoms with Gasteiger partial charge in [-0.2, -0.15) is 4.31 Å². The van der Waals surface area contributed by atoms with Gasteiger partial charge in [0.2, 0.25) is 10.0 Å². The SMILES string of the molecule is CCN(CC)S(=O)(=O)c1cc(C(=O)N(C)Cc2ccccc2F)ccc1C. The zero-order valence-corrected chi connectivity index (χ0v) is 16.9. The van der Waals surface area contributed by atoms with Gasteiger partial charge in [0.1, 0.15) is 5.82 Å². The minimum atomic E-state index is -3.68.